The lowest BCUT2D eigenvalue weighted by atomic mass is 9.99. The highest BCUT2D eigenvalue weighted by atomic mass is 16.7. The van der Waals surface area contributed by atoms with Crippen LogP contribution in [0.4, 0.5) is 4.79 Å². The summed E-state index contributed by atoms with van der Waals surface area (Å²) >= 11 is 0. The molecule has 0 bridgehead atoms. The molecule has 0 aromatic heterocycles. The average molecular weight is 308 g/mol. The molecule has 2 aromatic carbocycles. The van der Waals surface area contributed by atoms with E-state index in [-0.39, 0.29) is 6.61 Å². The van der Waals surface area contributed by atoms with Gasteiger partial charge in [0.2, 0.25) is 0 Å². The second kappa shape index (κ2) is 8.59. The molecule has 3 heteroatoms. The molecule has 2 rings (SSSR count). The smallest absolute Gasteiger partial charge is 0.430 e. The van der Waals surface area contributed by atoms with Gasteiger partial charge in [0.1, 0.15) is 12.4 Å². The number of rotatable bonds is 6. The third-order valence-corrected chi connectivity index (χ3v) is 3.29. The zero-order valence-electron chi connectivity index (χ0n) is 13.2. The topological polar surface area (TPSA) is 35.5 Å². The maximum atomic E-state index is 11.9. The van der Waals surface area contributed by atoms with E-state index in [9.17, 15) is 4.79 Å². The van der Waals surface area contributed by atoms with Crippen LogP contribution in [-0.2, 0) is 9.47 Å². The predicted octanol–water partition coefficient (Wildman–Crippen LogP) is 5.30. The van der Waals surface area contributed by atoms with Crippen LogP contribution in [0.25, 0.3) is 11.3 Å². The van der Waals surface area contributed by atoms with E-state index >= 15 is 0 Å². The largest absolute Gasteiger partial charge is 0.514 e. The predicted molar refractivity (Wildman–Crippen MR) is 92.6 cm³/mol. The number of hydrogen-bond donors (Lipinski definition) is 0. The summed E-state index contributed by atoms with van der Waals surface area (Å²) in [5.74, 6) is 0.522. The van der Waals surface area contributed by atoms with Crippen molar-refractivity contribution in [3.05, 3.63) is 84.4 Å². The van der Waals surface area contributed by atoms with Gasteiger partial charge in [-0.1, -0.05) is 80.2 Å². The molecular weight excluding hydrogens is 288 g/mol. The summed E-state index contributed by atoms with van der Waals surface area (Å²) in [6.07, 6.45) is 1.50. The Morgan fingerprint density at radius 3 is 2.09 bits per heavy atom. The van der Waals surface area contributed by atoms with Crippen LogP contribution in [0.5, 0.6) is 0 Å². The normalized spacial score (nSPS) is 11.3. The van der Waals surface area contributed by atoms with Gasteiger partial charge in [-0.25, -0.2) is 4.79 Å². The summed E-state index contributed by atoms with van der Waals surface area (Å²) < 4.78 is 10.5. The van der Waals surface area contributed by atoms with Gasteiger partial charge in [0.05, 0.1) is 0 Å². The van der Waals surface area contributed by atoms with Gasteiger partial charge < -0.3 is 9.47 Å². The van der Waals surface area contributed by atoms with Crippen LogP contribution in [-0.4, -0.2) is 12.8 Å². The number of ether oxygens (including phenoxy) is 2. The van der Waals surface area contributed by atoms with Crippen molar-refractivity contribution in [2.24, 2.45) is 0 Å². The molecule has 0 unspecified atom stereocenters. The van der Waals surface area contributed by atoms with E-state index in [2.05, 4.69) is 6.58 Å². The SMILES string of the molecule is C=CCOC(=O)OC(=C(CC)c1ccccc1)c1ccccc1. The lowest BCUT2D eigenvalue weighted by Gasteiger charge is -2.15. The van der Waals surface area contributed by atoms with Gasteiger partial charge in [-0.2, -0.15) is 0 Å². The molecule has 0 N–H and O–H groups in total. The van der Waals surface area contributed by atoms with Crippen LogP contribution in [0.15, 0.2) is 73.3 Å². The maximum Gasteiger partial charge on any atom is 0.514 e. The number of carbonyl (C=O) groups is 1. The molecule has 0 amide bonds. The van der Waals surface area contributed by atoms with Crippen molar-refractivity contribution in [3.63, 3.8) is 0 Å². The fraction of sp³-hybridized carbons (Fsp3) is 0.150. The lowest BCUT2D eigenvalue weighted by molar-refractivity contribution is 0.101. The second-order valence-corrected chi connectivity index (χ2v) is 4.85. The number of allylic oxidation sites excluding steroid dienone is 1. The Morgan fingerprint density at radius 2 is 1.57 bits per heavy atom. The van der Waals surface area contributed by atoms with Crippen LogP contribution in [0.3, 0.4) is 0 Å². The summed E-state index contributed by atoms with van der Waals surface area (Å²) in [7, 11) is 0. The minimum absolute atomic E-state index is 0.119. The zero-order valence-corrected chi connectivity index (χ0v) is 13.2. The molecule has 0 atom stereocenters. The zero-order chi connectivity index (χ0) is 16.5. The maximum absolute atomic E-state index is 11.9. The molecular formula is C20H20O3. The van der Waals surface area contributed by atoms with Crippen molar-refractivity contribution in [3.8, 4) is 0 Å². The Hall–Kier alpha value is -2.81. The molecule has 3 nitrogen and oxygen atoms in total. The van der Waals surface area contributed by atoms with Crippen LogP contribution in [0.2, 0.25) is 0 Å². The van der Waals surface area contributed by atoms with Crippen molar-refractivity contribution in [2.75, 3.05) is 6.61 Å². The minimum Gasteiger partial charge on any atom is -0.430 e. The molecule has 0 heterocycles. The van der Waals surface area contributed by atoms with Gasteiger partial charge in [0.25, 0.3) is 0 Å². The molecule has 2 aromatic rings. The van der Waals surface area contributed by atoms with Gasteiger partial charge in [0.15, 0.2) is 0 Å². The van der Waals surface area contributed by atoms with Crippen LogP contribution in [0, 0.1) is 0 Å². The van der Waals surface area contributed by atoms with Crippen molar-refractivity contribution < 1.29 is 14.3 Å². The molecule has 0 aliphatic heterocycles. The molecule has 0 saturated carbocycles. The Bertz CT molecular complexity index is 673. The van der Waals surface area contributed by atoms with Crippen LogP contribution in [0.1, 0.15) is 24.5 Å². The summed E-state index contributed by atoms with van der Waals surface area (Å²) in [6, 6.07) is 19.4. The van der Waals surface area contributed by atoms with E-state index in [0.29, 0.717) is 5.76 Å². The van der Waals surface area contributed by atoms with Gasteiger partial charge >= 0.3 is 6.16 Å². The van der Waals surface area contributed by atoms with Gasteiger partial charge in [-0.3, -0.25) is 0 Å². The van der Waals surface area contributed by atoms with Crippen molar-refractivity contribution in [1.82, 2.24) is 0 Å². The van der Waals surface area contributed by atoms with E-state index in [4.69, 9.17) is 9.47 Å². The van der Waals surface area contributed by atoms with Gasteiger partial charge in [-0.15, -0.1) is 0 Å². The molecule has 0 saturated heterocycles. The van der Waals surface area contributed by atoms with Gasteiger partial charge in [0, 0.05) is 11.1 Å². The third kappa shape index (κ3) is 4.58. The second-order valence-electron chi connectivity index (χ2n) is 4.85. The summed E-state index contributed by atoms with van der Waals surface area (Å²) in [6.45, 7) is 5.67. The molecule has 23 heavy (non-hydrogen) atoms. The Labute approximate surface area is 136 Å². The van der Waals surface area contributed by atoms with E-state index in [0.717, 1.165) is 23.1 Å². The quantitative estimate of drug-likeness (QED) is 0.314. The van der Waals surface area contributed by atoms with Crippen molar-refractivity contribution >= 4 is 17.5 Å². The average Bonchev–Trinajstić information content (AvgIpc) is 2.61. The molecule has 0 aliphatic rings. The molecule has 118 valence electrons. The fourth-order valence-electron chi connectivity index (χ4n) is 2.26. The van der Waals surface area contributed by atoms with Crippen LogP contribution < -0.4 is 0 Å². The third-order valence-electron chi connectivity index (χ3n) is 3.29. The molecule has 0 radical (unpaired) electrons. The highest BCUT2D eigenvalue weighted by Crippen LogP contribution is 2.30. The highest BCUT2D eigenvalue weighted by Gasteiger charge is 2.16. The van der Waals surface area contributed by atoms with E-state index < -0.39 is 6.16 Å². The first-order valence-electron chi connectivity index (χ1n) is 7.55. The standard InChI is InChI=1S/C20H20O3/c1-3-15-22-20(21)23-19(17-13-9-6-10-14-17)18(4-2)16-11-7-5-8-12-16/h3,5-14H,1,4,15H2,2H3. The van der Waals surface area contributed by atoms with Crippen LogP contribution >= 0.6 is 0 Å². The van der Waals surface area contributed by atoms with E-state index in [1.165, 1.54) is 6.08 Å². The summed E-state index contributed by atoms with van der Waals surface area (Å²) in [5.41, 5.74) is 2.81. The first kappa shape index (κ1) is 16.6. The van der Waals surface area contributed by atoms with E-state index in [1.807, 2.05) is 67.6 Å². The Kier molecular flexibility index (Phi) is 6.18. The number of carbonyl (C=O) groups excluding carboxylic acids is 1. The summed E-state index contributed by atoms with van der Waals surface area (Å²) in [5, 5.41) is 0. The summed E-state index contributed by atoms with van der Waals surface area (Å²) in [4.78, 5) is 11.9. The monoisotopic (exact) mass is 308 g/mol. The fourth-order valence-corrected chi connectivity index (χ4v) is 2.26. The first-order valence-corrected chi connectivity index (χ1v) is 7.55. The van der Waals surface area contributed by atoms with Crippen molar-refractivity contribution in [1.29, 1.82) is 0 Å². The minimum atomic E-state index is -0.731. The number of benzene rings is 2. The number of hydrogen-bond acceptors (Lipinski definition) is 3. The van der Waals surface area contributed by atoms with E-state index in [1.54, 1.807) is 0 Å². The van der Waals surface area contributed by atoms with Gasteiger partial charge in [-0.05, 0) is 12.0 Å². The highest BCUT2D eigenvalue weighted by molar-refractivity contribution is 5.90. The Morgan fingerprint density at radius 1 is 1.00 bits per heavy atom. The molecule has 0 aliphatic carbocycles. The molecule has 0 fully saturated rings. The lowest BCUT2D eigenvalue weighted by Crippen LogP contribution is -2.08. The first-order chi connectivity index (χ1) is 11.3. The molecule has 0 spiro atoms. The Balaban J connectivity index is 2.45. The van der Waals surface area contributed by atoms with Crippen molar-refractivity contribution in [2.45, 2.75) is 13.3 Å².